The third-order valence-corrected chi connectivity index (χ3v) is 7.29. The lowest BCUT2D eigenvalue weighted by molar-refractivity contribution is -0.127. The first-order chi connectivity index (χ1) is 19.3. The highest BCUT2D eigenvalue weighted by molar-refractivity contribution is 14.1. The maximum Gasteiger partial charge on any atom is 0.294 e. The number of rotatable bonds is 11. The summed E-state index contributed by atoms with van der Waals surface area (Å²) >= 11 is 2.83. The van der Waals surface area contributed by atoms with Crippen molar-refractivity contribution in [3.63, 3.8) is 0 Å². The number of anilines is 1. The minimum atomic E-state index is -0.565. The lowest BCUT2D eigenvalue weighted by Gasteiger charge is -2.15. The number of hydrogen-bond acceptors (Lipinski definition) is 7. The number of halogens is 2. The Morgan fingerprint density at radius 3 is 2.45 bits per heavy atom. The van der Waals surface area contributed by atoms with Crippen LogP contribution in [0.25, 0.3) is 6.08 Å². The Balaban J connectivity index is 1.46. The Hall–Kier alpha value is -3.58. The lowest BCUT2D eigenvalue weighted by Crippen LogP contribution is -2.36. The number of carbonyl (C=O) groups excluding carboxylic acids is 3. The highest BCUT2D eigenvalue weighted by atomic mass is 127. The molecule has 0 spiro atoms. The van der Waals surface area contributed by atoms with Crippen LogP contribution in [0.2, 0.25) is 0 Å². The first-order valence-corrected chi connectivity index (χ1v) is 14.3. The molecular weight excluding hydrogens is 650 g/mol. The van der Waals surface area contributed by atoms with Crippen LogP contribution >= 0.6 is 34.4 Å². The molecule has 4 rings (SSSR count). The highest BCUT2D eigenvalue weighted by Gasteiger charge is 2.36. The Morgan fingerprint density at radius 2 is 1.75 bits per heavy atom. The van der Waals surface area contributed by atoms with E-state index in [0.29, 0.717) is 50.8 Å². The van der Waals surface area contributed by atoms with Gasteiger partial charge in [0.25, 0.3) is 11.1 Å². The zero-order chi connectivity index (χ0) is 28.6. The summed E-state index contributed by atoms with van der Waals surface area (Å²) < 4.78 is 31.8. The Kier molecular flexibility index (Phi) is 10.0. The van der Waals surface area contributed by atoms with Crippen molar-refractivity contribution in [1.82, 2.24) is 4.90 Å². The molecular formula is C29H26FIN2O6S. The van der Waals surface area contributed by atoms with Crippen LogP contribution in [0.3, 0.4) is 0 Å². The number of ether oxygens (including phenoxy) is 3. The standard InChI is InChI=1S/C29H26FIN2O6S/c1-3-37-21-11-9-20(10-12-21)32-26(34)16-33-28(35)25(40-29(33)36)15-18-13-23(31)27(24(14-18)38-4-2)39-17-19-7-5-6-8-22(19)30/h5-15H,3-4,16-17H2,1-2H3,(H,32,34)/b25-15+. The number of thioether (sulfide) groups is 1. The smallest absolute Gasteiger partial charge is 0.294 e. The molecule has 1 aliphatic rings. The molecule has 3 aromatic rings. The van der Waals surface area contributed by atoms with Gasteiger partial charge in [0, 0.05) is 11.3 Å². The third-order valence-electron chi connectivity index (χ3n) is 5.58. The second kappa shape index (κ2) is 13.7. The van der Waals surface area contributed by atoms with Crippen molar-refractivity contribution in [1.29, 1.82) is 0 Å². The van der Waals surface area contributed by atoms with E-state index in [2.05, 4.69) is 27.9 Å². The van der Waals surface area contributed by atoms with Gasteiger partial charge in [-0.3, -0.25) is 19.3 Å². The molecule has 3 amide bonds. The predicted molar refractivity (Wildman–Crippen MR) is 160 cm³/mol. The fourth-order valence-corrected chi connectivity index (χ4v) is 5.39. The topological polar surface area (TPSA) is 94.2 Å². The van der Waals surface area contributed by atoms with Crippen LogP contribution in [0.4, 0.5) is 14.9 Å². The summed E-state index contributed by atoms with van der Waals surface area (Å²) in [6.07, 6.45) is 1.57. The van der Waals surface area contributed by atoms with Gasteiger partial charge in [0.1, 0.15) is 24.7 Å². The number of nitrogens with one attached hydrogen (secondary N) is 1. The van der Waals surface area contributed by atoms with Gasteiger partial charge in [-0.15, -0.1) is 0 Å². The van der Waals surface area contributed by atoms with E-state index in [1.165, 1.54) is 6.07 Å². The van der Waals surface area contributed by atoms with Crippen LogP contribution in [0, 0.1) is 9.39 Å². The molecule has 1 heterocycles. The van der Waals surface area contributed by atoms with Gasteiger partial charge < -0.3 is 19.5 Å². The van der Waals surface area contributed by atoms with Gasteiger partial charge in [0.05, 0.1) is 21.7 Å². The van der Waals surface area contributed by atoms with E-state index in [1.54, 1.807) is 60.7 Å². The van der Waals surface area contributed by atoms with E-state index in [0.717, 1.165) is 16.7 Å². The van der Waals surface area contributed by atoms with E-state index in [-0.39, 0.29) is 17.3 Å². The largest absolute Gasteiger partial charge is 0.494 e. The van der Waals surface area contributed by atoms with Crippen LogP contribution < -0.4 is 19.5 Å². The van der Waals surface area contributed by atoms with Crippen molar-refractivity contribution < 1.29 is 33.0 Å². The van der Waals surface area contributed by atoms with Gasteiger partial charge in [-0.1, -0.05) is 18.2 Å². The molecule has 8 nitrogen and oxygen atoms in total. The average molecular weight is 677 g/mol. The fraction of sp³-hybridized carbons (Fsp3) is 0.207. The van der Waals surface area contributed by atoms with E-state index in [9.17, 15) is 18.8 Å². The third kappa shape index (κ3) is 7.33. The molecule has 0 radical (unpaired) electrons. The summed E-state index contributed by atoms with van der Waals surface area (Å²) in [5.74, 6) is 0.106. The van der Waals surface area contributed by atoms with Crippen LogP contribution in [0.5, 0.6) is 17.2 Å². The van der Waals surface area contributed by atoms with Gasteiger partial charge in [0.15, 0.2) is 11.5 Å². The molecule has 1 N–H and O–H groups in total. The average Bonchev–Trinajstić information content (AvgIpc) is 3.17. The first kappa shape index (κ1) is 29.4. The molecule has 1 aliphatic heterocycles. The first-order valence-electron chi connectivity index (χ1n) is 12.4. The van der Waals surface area contributed by atoms with Crippen molar-refractivity contribution in [3.05, 3.63) is 86.1 Å². The van der Waals surface area contributed by atoms with Gasteiger partial charge in [-0.25, -0.2) is 4.39 Å². The molecule has 40 heavy (non-hydrogen) atoms. The monoisotopic (exact) mass is 676 g/mol. The predicted octanol–water partition coefficient (Wildman–Crippen LogP) is 6.48. The van der Waals surface area contributed by atoms with Crippen LogP contribution in [-0.2, 0) is 16.2 Å². The maximum atomic E-state index is 14.0. The Morgan fingerprint density at radius 1 is 1.02 bits per heavy atom. The second-order valence-electron chi connectivity index (χ2n) is 8.42. The molecule has 0 bridgehead atoms. The number of benzene rings is 3. The zero-order valence-corrected chi connectivity index (χ0v) is 24.7. The molecule has 1 fully saturated rings. The van der Waals surface area contributed by atoms with E-state index in [4.69, 9.17) is 14.2 Å². The minimum absolute atomic E-state index is 0.0136. The van der Waals surface area contributed by atoms with Crippen molar-refractivity contribution in [2.45, 2.75) is 20.5 Å². The lowest BCUT2D eigenvalue weighted by atomic mass is 10.1. The van der Waals surface area contributed by atoms with Gasteiger partial charge >= 0.3 is 0 Å². The van der Waals surface area contributed by atoms with Crippen molar-refractivity contribution >= 4 is 63.2 Å². The van der Waals surface area contributed by atoms with Crippen LogP contribution in [-0.4, -0.2) is 41.7 Å². The van der Waals surface area contributed by atoms with Crippen LogP contribution in [0.1, 0.15) is 25.0 Å². The molecule has 3 aromatic carbocycles. The molecule has 208 valence electrons. The molecule has 0 atom stereocenters. The van der Waals surface area contributed by atoms with Gasteiger partial charge in [-0.05, 0) is 102 Å². The van der Waals surface area contributed by atoms with Gasteiger partial charge in [0.2, 0.25) is 5.91 Å². The molecule has 0 saturated carbocycles. The summed E-state index contributed by atoms with van der Waals surface area (Å²) in [6, 6.07) is 16.6. The normalized spacial score (nSPS) is 14.0. The summed E-state index contributed by atoms with van der Waals surface area (Å²) in [5, 5.41) is 2.14. The summed E-state index contributed by atoms with van der Waals surface area (Å²) in [4.78, 5) is 39.2. The number of amides is 3. The Labute approximate surface area is 249 Å². The van der Waals surface area contributed by atoms with E-state index >= 15 is 0 Å². The van der Waals surface area contributed by atoms with Crippen molar-refractivity contribution in [2.75, 3.05) is 25.1 Å². The molecule has 0 unspecified atom stereocenters. The SMILES string of the molecule is CCOc1ccc(NC(=O)CN2C(=O)S/C(=C/c3cc(I)c(OCc4ccccc4F)c(OCC)c3)C2=O)cc1. The fourth-order valence-electron chi connectivity index (χ4n) is 3.77. The Bertz CT molecular complexity index is 1450. The van der Waals surface area contributed by atoms with E-state index < -0.39 is 23.6 Å². The van der Waals surface area contributed by atoms with Crippen LogP contribution in [0.15, 0.2) is 65.6 Å². The molecule has 11 heteroatoms. The summed E-state index contributed by atoms with van der Waals surface area (Å²) in [5.41, 5.74) is 1.53. The highest BCUT2D eigenvalue weighted by Crippen LogP contribution is 2.38. The van der Waals surface area contributed by atoms with E-state index in [1.807, 2.05) is 13.8 Å². The molecule has 0 aromatic heterocycles. The van der Waals surface area contributed by atoms with Gasteiger partial charge in [-0.2, -0.15) is 0 Å². The van der Waals surface area contributed by atoms with Crippen molar-refractivity contribution in [2.24, 2.45) is 0 Å². The second-order valence-corrected chi connectivity index (χ2v) is 10.6. The molecule has 1 saturated heterocycles. The zero-order valence-electron chi connectivity index (χ0n) is 21.7. The quantitative estimate of drug-likeness (QED) is 0.184. The minimum Gasteiger partial charge on any atom is -0.494 e. The number of hydrogen-bond donors (Lipinski definition) is 1. The number of carbonyl (C=O) groups is 3. The number of imide groups is 1. The molecule has 0 aliphatic carbocycles. The summed E-state index contributed by atoms with van der Waals surface area (Å²) in [7, 11) is 0. The number of nitrogens with zero attached hydrogens (tertiary/aromatic N) is 1. The summed E-state index contributed by atoms with van der Waals surface area (Å²) in [6.45, 7) is 4.18. The maximum absolute atomic E-state index is 14.0. The van der Waals surface area contributed by atoms with Crippen molar-refractivity contribution in [3.8, 4) is 17.2 Å².